The van der Waals surface area contributed by atoms with Crippen molar-refractivity contribution in [2.24, 2.45) is 10.7 Å². The highest BCUT2D eigenvalue weighted by Gasteiger charge is 1.95. The van der Waals surface area contributed by atoms with Gasteiger partial charge in [0.15, 0.2) is 6.19 Å². The molecule has 0 unspecified atom stereocenters. The number of guanidine groups is 1. The summed E-state index contributed by atoms with van der Waals surface area (Å²) in [7, 11) is 0. The maximum Gasteiger partial charge on any atom is 0.204 e. The molecular weight excluding hydrogens is 242 g/mol. The minimum atomic E-state index is 0.464. The summed E-state index contributed by atoms with van der Waals surface area (Å²) in [5, 5.41) is 17.2. The molecule has 0 bridgehead atoms. The van der Waals surface area contributed by atoms with Gasteiger partial charge >= 0.3 is 0 Å². The third kappa shape index (κ3) is 6.85. The molecule has 0 aromatic carbocycles. The van der Waals surface area contributed by atoms with Crippen molar-refractivity contribution in [3.63, 3.8) is 0 Å². The molecule has 19 heavy (non-hydrogen) atoms. The highest BCUT2D eigenvalue weighted by Crippen LogP contribution is 1.99. The predicted molar refractivity (Wildman–Crippen MR) is 75.5 cm³/mol. The number of nitrogens with zero attached hydrogens (tertiary/aromatic N) is 3. The van der Waals surface area contributed by atoms with Crippen molar-refractivity contribution in [2.45, 2.75) is 6.42 Å². The Morgan fingerprint density at radius 1 is 1.42 bits per heavy atom. The molecule has 0 spiro atoms. The van der Waals surface area contributed by atoms with Crippen molar-refractivity contribution in [2.75, 3.05) is 31.5 Å². The van der Waals surface area contributed by atoms with E-state index in [1.807, 2.05) is 24.4 Å². The molecule has 0 aliphatic carbocycles. The van der Waals surface area contributed by atoms with Crippen LogP contribution in [-0.4, -0.2) is 37.1 Å². The zero-order valence-corrected chi connectivity index (χ0v) is 10.8. The molecule has 0 fully saturated rings. The summed E-state index contributed by atoms with van der Waals surface area (Å²) >= 11 is 0. The summed E-state index contributed by atoms with van der Waals surface area (Å²) in [6.45, 7) is 2.46. The second kappa shape index (κ2) is 9.67. The highest BCUT2D eigenvalue weighted by molar-refractivity contribution is 5.81. The van der Waals surface area contributed by atoms with Gasteiger partial charge < -0.3 is 16.4 Å². The van der Waals surface area contributed by atoms with Crippen LogP contribution in [0.5, 0.6) is 0 Å². The molecule has 1 aromatic heterocycles. The van der Waals surface area contributed by atoms with Crippen LogP contribution in [0.25, 0.3) is 0 Å². The number of aliphatic imine (C=N–C) groups is 1. The molecule has 0 atom stereocenters. The lowest BCUT2D eigenvalue weighted by Gasteiger charge is -2.07. The molecule has 7 heteroatoms. The van der Waals surface area contributed by atoms with Crippen molar-refractivity contribution in [3.05, 3.63) is 24.4 Å². The number of hydrogen-bond donors (Lipinski definition) is 4. The van der Waals surface area contributed by atoms with Crippen LogP contribution in [0.3, 0.4) is 0 Å². The van der Waals surface area contributed by atoms with Gasteiger partial charge in [-0.1, -0.05) is 6.07 Å². The van der Waals surface area contributed by atoms with E-state index in [0.717, 1.165) is 18.8 Å². The Morgan fingerprint density at radius 3 is 3.00 bits per heavy atom. The molecule has 0 saturated carbocycles. The van der Waals surface area contributed by atoms with E-state index in [4.69, 9.17) is 11.0 Å². The molecular formula is C12H19N7. The van der Waals surface area contributed by atoms with Gasteiger partial charge in [-0.15, -0.1) is 0 Å². The number of nitrogens with one attached hydrogen (secondary N) is 3. The van der Waals surface area contributed by atoms with Gasteiger partial charge in [0.25, 0.3) is 0 Å². The molecule has 1 aromatic rings. The Morgan fingerprint density at radius 2 is 2.32 bits per heavy atom. The van der Waals surface area contributed by atoms with Gasteiger partial charge in [-0.05, 0) is 18.6 Å². The highest BCUT2D eigenvalue weighted by atomic mass is 15.2. The fourth-order valence-electron chi connectivity index (χ4n) is 1.34. The molecule has 1 heterocycles. The summed E-state index contributed by atoms with van der Waals surface area (Å²) in [5.41, 5.74) is 5.37. The normalized spacial score (nSPS) is 10.6. The minimum absolute atomic E-state index is 0.464. The van der Waals surface area contributed by atoms with Gasteiger partial charge in [0.05, 0.1) is 0 Å². The number of aromatic nitrogens is 1. The molecule has 5 N–H and O–H groups in total. The van der Waals surface area contributed by atoms with E-state index in [1.54, 1.807) is 6.20 Å². The lowest BCUT2D eigenvalue weighted by atomic mass is 10.4. The van der Waals surface area contributed by atoms with Crippen LogP contribution < -0.4 is 21.7 Å². The van der Waals surface area contributed by atoms with Crippen LogP contribution in [0.4, 0.5) is 5.82 Å². The molecule has 0 aliphatic heterocycles. The third-order valence-corrected chi connectivity index (χ3v) is 2.19. The zero-order valence-electron chi connectivity index (χ0n) is 10.8. The molecule has 0 aliphatic rings. The van der Waals surface area contributed by atoms with Crippen LogP contribution in [0.1, 0.15) is 6.42 Å². The van der Waals surface area contributed by atoms with Gasteiger partial charge in [-0.3, -0.25) is 10.3 Å². The zero-order chi connectivity index (χ0) is 13.8. The van der Waals surface area contributed by atoms with Gasteiger partial charge in [-0.2, -0.15) is 5.26 Å². The van der Waals surface area contributed by atoms with Crippen molar-refractivity contribution < 1.29 is 0 Å². The number of nitrogens with two attached hydrogens (primary N) is 1. The molecule has 0 amide bonds. The molecule has 7 nitrogen and oxygen atoms in total. The second-order valence-corrected chi connectivity index (χ2v) is 3.68. The molecule has 0 radical (unpaired) electrons. The number of pyridine rings is 1. The van der Waals surface area contributed by atoms with Crippen LogP contribution in [0.15, 0.2) is 29.4 Å². The molecule has 102 valence electrons. The van der Waals surface area contributed by atoms with Crippen molar-refractivity contribution in [1.82, 2.24) is 15.6 Å². The third-order valence-electron chi connectivity index (χ3n) is 2.19. The Labute approximate surface area is 112 Å². The molecule has 0 saturated heterocycles. The predicted octanol–water partition coefficient (Wildman–Crippen LogP) is -0.141. The van der Waals surface area contributed by atoms with Crippen LogP contribution in [-0.2, 0) is 0 Å². The van der Waals surface area contributed by atoms with Gasteiger partial charge in [-0.25, -0.2) is 4.98 Å². The maximum absolute atomic E-state index is 8.55. The Hall–Kier alpha value is -2.33. The maximum atomic E-state index is 8.55. The van der Waals surface area contributed by atoms with E-state index < -0.39 is 0 Å². The Balaban J connectivity index is 2.21. The van der Waals surface area contributed by atoms with Crippen molar-refractivity contribution in [3.8, 4) is 6.19 Å². The van der Waals surface area contributed by atoms with E-state index in [0.29, 0.717) is 25.6 Å². The average Bonchev–Trinajstić information content (AvgIpc) is 2.45. The summed E-state index contributed by atoms with van der Waals surface area (Å²) in [6, 6.07) is 5.71. The minimum Gasteiger partial charge on any atom is -0.370 e. The fourth-order valence-corrected chi connectivity index (χ4v) is 1.34. The standard InChI is InChI=1S/C12H19N7/c13-5-9-18-12(19-10-14)17-8-3-7-16-11-4-1-2-6-15-11/h1-2,4,6H,3,5,7-9,13H2,(H,15,16)(H2,17,18,19). The van der Waals surface area contributed by atoms with E-state index in [1.165, 1.54) is 0 Å². The SMILES string of the molecule is N#CNC(=NCCCNc1ccccn1)NCCN. The van der Waals surface area contributed by atoms with E-state index in [-0.39, 0.29) is 0 Å². The van der Waals surface area contributed by atoms with Crippen LogP contribution in [0, 0.1) is 11.5 Å². The van der Waals surface area contributed by atoms with E-state index in [9.17, 15) is 0 Å². The van der Waals surface area contributed by atoms with Crippen LogP contribution >= 0.6 is 0 Å². The first-order valence-corrected chi connectivity index (χ1v) is 6.15. The topological polar surface area (TPSA) is 111 Å². The van der Waals surface area contributed by atoms with Crippen molar-refractivity contribution in [1.29, 1.82) is 5.26 Å². The summed E-state index contributed by atoms with van der Waals surface area (Å²) in [6.07, 6.45) is 4.42. The van der Waals surface area contributed by atoms with Gasteiger partial charge in [0, 0.05) is 32.4 Å². The first-order valence-electron chi connectivity index (χ1n) is 6.15. The fraction of sp³-hybridized carbons (Fsp3) is 0.417. The van der Waals surface area contributed by atoms with E-state index >= 15 is 0 Å². The first kappa shape index (κ1) is 14.7. The monoisotopic (exact) mass is 261 g/mol. The lowest BCUT2D eigenvalue weighted by Crippen LogP contribution is -2.37. The Bertz CT molecular complexity index is 410. The number of anilines is 1. The molecule has 1 rings (SSSR count). The first-order chi connectivity index (χ1) is 9.36. The largest absolute Gasteiger partial charge is 0.370 e. The summed E-state index contributed by atoms with van der Waals surface area (Å²) in [4.78, 5) is 8.39. The number of hydrogen-bond acceptors (Lipinski definition) is 5. The van der Waals surface area contributed by atoms with Gasteiger partial charge in [0.2, 0.25) is 5.96 Å². The number of rotatable bonds is 7. The Kier molecular flexibility index (Phi) is 7.50. The summed E-state index contributed by atoms with van der Waals surface area (Å²) in [5.74, 6) is 1.31. The smallest absolute Gasteiger partial charge is 0.204 e. The van der Waals surface area contributed by atoms with Crippen molar-refractivity contribution >= 4 is 11.8 Å². The number of nitriles is 1. The summed E-state index contributed by atoms with van der Waals surface area (Å²) < 4.78 is 0. The lowest BCUT2D eigenvalue weighted by molar-refractivity contribution is 0.819. The van der Waals surface area contributed by atoms with Crippen LogP contribution in [0.2, 0.25) is 0 Å². The quantitative estimate of drug-likeness (QED) is 0.179. The second-order valence-electron chi connectivity index (χ2n) is 3.68. The average molecular weight is 261 g/mol. The van der Waals surface area contributed by atoms with Gasteiger partial charge in [0.1, 0.15) is 5.82 Å². The van der Waals surface area contributed by atoms with E-state index in [2.05, 4.69) is 25.9 Å².